The number of amides is 2. The number of hydrogen-bond acceptors (Lipinski definition) is 3. The Morgan fingerprint density at radius 2 is 1.72 bits per heavy atom. The fourth-order valence-corrected chi connectivity index (χ4v) is 3.23. The minimum Gasteiger partial charge on any atom is -0.492 e. The predicted molar refractivity (Wildman–Crippen MR) is 117 cm³/mol. The molecule has 2 rings (SSSR count). The lowest BCUT2D eigenvalue weighted by Crippen LogP contribution is -2.30. The van der Waals surface area contributed by atoms with Crippen molar-refractivity contribution in [2.75, 3.05) is 27.2 Å². The van der Waals surface area contributed by atoms with Crippen molar-refractivity contribution in [3.63, 3.8) is 0 Å². The van der Waals surface area contributed by atoms with Gasteiger partial charge >= 0.3 is 0 Å². The van der Waals surface area contributed by atoms with Crippen LogP contribution in [-0.4, -0.2) is 48.9 Å². The average molecular weight is 437 g/mol. The van der Waals surface area contributed by atoms with Crippen LogP contribution in [0.1, 0.15) is 35.7 Å². The van der Waals surface area contributed by atoms with E-state index >= 15 is 0 Å². The van der Waals surface area contributed by atoms with Crippen LogP contribution in [0.4, 0.5) is 0 Å². The van der Waals surface area contributed by atoms with Crippen molar-refractivity contribution in [1.29, 1.82) is 0 Å². The van der Waals surface area contributed by atoms with Gasteiger partial charge in [-0.05, 0) is 49.2 Å². The topological polar surface area (TPSA) is 49.9 Å². The quantitative estimate of drug-likeness (QED) is 0.525. The Morgan fingerprint density at radius 1 is 1.03 bits per heavy atom. The van der Waals surface area contributed by atoms with Crippen LogP contribution in [0.3, 0.4) is 0 Å². The van der Waals surface area contributed by atoms with E-state index in [0.29, 0.717) is 53.9 Å². The number of hydrogen-bond donors (Lipinski definition) is 0. The van der Waals surface area contributed by atoms with Crippen LogP contribution in [0, 0.1) is 0 Å². The molecule has 0 N–H and O–H groups in total. The molecule has 0 bridgehead atoms. The second-order valence-electron chi connectivity index (χ2n) is 6.83. The molecule has 0 unspecified atom stereocenters. The highest BCUT2D eigenvalue weighted by molar-refractivity contribution is 6.35. The van der Waals surface area contributed by atoms with Crippen LogP contribution in [-0.2, 0) is 11.3 Å². The number of carbonyl (C=O) groups excluding carboxylic acids is 2. The zero-order valence-corrected chi connectivity index (χ0v) is 18.5. The highest BCUT2D eigenvalue weighted by Gasteiger charge is 2.13. The van der Waals surface area contributed by atoms with Gasteiger partial charge in [0.05, 0.1) is 11.6 Å². The monoisotopic (exact) mass is 436 g/mol. The van der Waals surface area contributed by atoms with Crippen molar-refractivity contribution < 1.29 is 14.3 Å². The molecule has 2 amide bonds. The summed E-state index contributed by atoms with van der Waals surface area (Å²) in [7, 11) is 3.44. The van der Waals surface area contributed by atoms with E-state index in [2.05, 4.69) is 0 Å². The van der Waals surface area contributed by atoms with E-state index < -0.39 is 0 Å². The van der Waals surface area contributed by atoms with Crippen molar-refractivity contribution in [2.24, 2.45) is 0 Å². The molecule has 0 aromatic heterocycles. The largest absolute Gasteiger partial charge is 0.492 e. The summed E-state index contributed by atoms with van der Waals surface area (Å²) in [5.41, 5.74) is 1.62. The van der Waals surface area contributed by atoms with Gasteiger partial charge in [0, 0.05) is 44.2 Å². The molecule has 0 heterocycles. The van der Waals surface area contributed by atoms with Crippen LogP contribution in [0.15, 0.2) is 42.5 Å². The Kier molecular flexibility index (Phi) is 8.80. The molecule has 2 aromatic carbocycles. The van der Waals surface area contributed by atoms with Gasteiger partial charge in [-0.15, -0.1) is 0 Å². The summed E-state index contributed by atoms with van der Waals surface area (Å²) < 4.78 is 5.63. The van der Waals surface area contributed by atoms with Crippen molar-refractivity contribution >= 4 is 35.0 Å². The number of rotatable bonds is 9. The summed E-state index contributed by atoms with van der Waals surface area (Å²) in [6, 6.07) is 12.4. The maximum Gasteiger partial charge on any atom is 0.253 e. The molecule has 0 atom stereocenters. The molecule has 0 aliphatic heterocycles. The van der Waals surface area contributed by atoms with Crippen LogP contribution >= 0.6 is 23.2 Å². The fraction of sp³-hybridized carbons (Fsp3) is 0.364. The van der Waals surface area contributed by atoms with Crippen LogP contribution in [0.5, 0.6) is 5.75 Å². The van der Waals surface area contributed by atoms with E-state index in [-0.39, 0.29) is 11.8 Å². The third kappa shape index (κ3) is 6.94. The third-order valence-electron chi connectivity index (χ3n) is 4.40. The molecule has 0 aliphatic rings. The first kappa shape index (κ1) is 23.0. The summed E-state index contributed by atoms with van der Waals surface area (Å²) >= 11 is 11.9. The lowest BCUT2D eigenvalue weighted by molar-refractivity contribution is -0.131. The number of ether oxygens (including phenoxy) is 1. The minimum atomic E-state index is -0.0410. The minimum absolute atomic E-state index is 0.0410. The zero-order chi connectivity index (χ0) is 21.4. The highest BCUT2D eigenvalue weighted by Crippen LogP contribution is 2.27. The van der Waals surface area contributed by atoms with Gasteiger partial charge < -0.3 is 14.5 Å². The van der Waals surface area contributed by atoms with Gasteiger partial charge in [0.25, 0.3) is 5.91 Å². The molecule has 156 valence electrons. The lowest BCUT2D eigenvalue weighted by Gasteiger charge is -2.21. The van der Waals surface area contributed by atoms with Crippen LogP contribution < -0.4 is 4.74 Å². The zero-order valence-electron chi connectivity index (χ0n) is 17.0. The molecule has 0 saturated carbocycles. The second-order valence-corrected chi connectivity index (χ2v) is 7.67. The molecular formula is C22H26Cl2N2O3. The maximum absolute atomic E-state index is 12.5. The Balaban J connectivity index is 1.83. The van der Waals surface area contributed by atoms with E-state index in [0.717, 1.165) is 5.56 Å². The SMILES string of the molecule is CCN(Cc1ccc(C(=O)N(C)C)cc1)C(=O)CCCOc1ccc(Cl)cc1Cl. The normalized spacial score (nSPS) is 10.5. The van der Waals surface area contributed by atoms with Crippen molar-refractivity contribution in [2.45, 2.75) is 26.3 Å². The molecule has 0 saturated heterocycles. The summed E-state index contributed by atoms with van der Waals surface area (Å²) in [4.78, 5) is 27.8. The summed E-state index contributed by atoms with van der Waals surface area (Å²) in [5.74, 6) is 0.579. The molecule has 2 aromatic rings. The number of nitrogens with zero attached hydrogens (tertiary/aromatic N) is 2. The molecular weight excluding hydrogens is 411 g/mol. The Hall–Kier alpha value is -2.24. The first-order valence-corrected chi connectivity index (χ1v) is 10.2. The molecule has 7 heteroatoms. The molecule has 29 heavy (non-hydrogen) atoms. The second kappa shape index (κ2) is 11.1. The van der Waals surface area contributed by atoms with Gasteiger partial charge in [-0.2, -0.15) is 0 Å². The number of benzene rings is 2. The van der Waals surface area contributed by atoms with E-state index in [1.807, 2.05) is 19.1 Å². The molecule has 0 spiro atoms. The smallest absolute Gasteiger partial charge is 0.253 e. The lowest BCUT2D eigenvalue weighted by atomic mass is 10.1. The molecule has 5 nitrogen and oxygen atoms in total. The summed E-state index contributed by atoms with van der Waals surface area (Å²) in [6.45, 7) is 3.47. The fourth-order valence-electron chi connectivity index (χ4n) is 2.76. The number of carbonyl (C=O) groups is 2. The van der Waals surface area contributed by atoms with Gasteiger partial charge in [-0.1, -0.05) is 35.3 Å². The van der Waals surface area contributed by atoms with E-state index in [9.17, 15) is 9.59 Å². The van der Waals surface area contributed by atoms with Gasteiger partial charge in [0.15, 0.2) is 0 Å². The maximum atomic E-state index is 12.5. The third-order valence-corrected chi connectivity index (χ3v) is 4.93. The average Bonchev–Trinajstić information content (AvgIpc) is 2.70. The summed E-state index contributed by atoms with van der Waals surface area (Å²) in [5, 5.41) is 1.01. The predicted octanol–water partition coefficient (Wildman–Crippen LogP) is 4.90. The first-order chi connectivity index (χ1) is 13.8. The van der Waals surface area contributed by atoms with Gasteiger partial charge in [0.1, 0.15) is 5.75 Å². The van der Waals surface area contributed by atoms with E-state index in [4.69, 9.17) is 27.9 Å². The Labute approximate surface area is 182 Å². The van der Waals surface area contributed by atoms with Crippen LogP contribution in [0.25, 0.3) is 0 Å². The molecule has 0 radical (unpaired) electrons. The summed E-state index contributed by atoms with van der Waals surface area (Å²) in [6.07, 6.45) is 0.973. The standard InChI is InChI=1S/C22H26Cl2N2O3/c1-4-26(15-16-7-9-17(10-8-16)22(28)25(2)3)21(27)6-5-13-29-20-12-11-18(23)14-19(20)24/h7-12,14H,4-6,13,15H2,1-3H3. The van der Waals surface area contributed by atoms with Gasteiger partial charge in [-0.25, -0.2) is 0 Å². The van der Waals surface area contributed by atoms with Crippen molar-refractivity contribution in [3.8, 4) is 5.75 Å². The van der Waals surface area contributed by atoms with Crippen molar-refractivity contribution in [1.82, 2.24) is 9.80 Å². The van der Waals surface area contributed by atoms with E-state index in [1.165, 1.54) is 4.90 Å². The molecule has 0 fully saturated rings. The van der Waals surface area contributed by atoms with Gasteiger partial charge in [-0.3, -0.25) is 9.59 Å². The molecule has 0 aliphatic carbocycles. The van der Waals surface area contributed by atoms with Crippen LogP contribution in [0.2, 0.25) is 10.0 Å². The first-order valence-electron chi connectivity index (χ1n) is 9.48. The number of halogens is 2. The van der Waals surface area contributed by atoms with Gasteiger partial charge in [0.2, 0.25) is 5.91 Å². The van der Waals surface area contributed by atoms with E-state index in [1.54, 1.807) is 49.3 Å². The highest BCUT2D eigenvalue weighted by atomic mass is 35.5. The Morgan fingerprint density at radius 3 is 2.31 bits per heavy atom. The Bertz CT molecular complexity index is 838. The van der Waals surface area contributed by atoms with Crippen molar-refractivity contribution in [3.05, 3.63) is 63.6 Å².